The monoisotopic (exact) mass is 316 g/mol. The Labute approximate surface area is 143 Å². The van der Waals surface area contributed by atoms with Gasteiger partial charge in [-0.15, -0.1) is 0 Å². The standard InChI is InChI=1S/C23H21F/c1-17-8-12-19(13-9-17)22(20-14-10-18(2)11-15-20)16-23(24)21-6-4-3-5-7-21/h3-16,22H,1-2H3. The molecular formula is C23H21F. The third kappa shape index (κ3) is 3.80. The van der Waals surface area contributed by atoms with Crippen molar-refractivity contribution >= 4 is 5.83 Å². The number of aryl methyl sites for hydroxylation is 2. The van der Waals surface area contributed by atoms with E-state index >= 15 is 0 Å². The van der Waals surface area contributed by atoms with Crippen molar-refractivity contribution in [1.29, 1.82) is 0 Å². The van der Waals surface area contributed by atoms with E-state index in [-0.39, 0.29) is 11.7 Å². The van der Waals surface area contributed by atoms with E-state index in [9.17, 15) is 4.39 Å². The number of hydrogen-bond acceptors (Lipinski definition) is 0. The Bertz CT molecular complexity index is 767. The Morgan fingerprint density at radius 2 is 1.17 bits per heavy atom. The van der Waals surface area contributed by atoms with Crippen LogP contribution < -0.4 is 0 Å². The maximum absolute atomic E-state index is 14.8. The summed E-state index contributed by atoms with van der Waals surface area (Å²) < 4.78 is 14.8. The zero-order chi connectivity index (χ0) is 16.9. The average molecular weight is 316 g/mol. The lowest BCUT2D eigenvalue weighted by molar-refractivity contribution is 0.751. The summed E-state index contributed by atoms with van der Waals surface area (Å²) in [5.74, 6) is -0.298. The first kappa shape index (κ1) is 16.2. The van der Waals surface area contributed by atoms with E-state index in [1.54, 1.807) is 18.2 Å². The molecule has 3 aromatic rings. The van der Waals surface area contributed by atoms with Crippen molar-refractivity contribution < 1.29 is 4.39 Å². The van der Waals surface area contributed by atoms with Gasteiger partial charge in [0.05, 0.1) is 0 Å². The molecule has 0 aromatic heterocycles. The van der Waals surface area contributed by atoms with Gasteiger partial charge in [-0.3, -0.25) is 0 Å². The highest BCUT2D eigenvalue weighted by Crippen LogP contribution is 2.30. The molecule has 1 heteroatoms. The van der Waals surface area contributed by atoms with Crippen molar-refractivity contribution in [1.82, 2.24) is 0 Å². The Kier molecular flexibility index (Phi) is 4.90. The van der Waals surface area contributed by atoms with E-state index in [1.165, 1.54) is 11.1 Å². The molecule has 120 valence electrons. The molecule has 0 heterocycles. The highest BCUT2D eigenvalue weighted by Gasteiger charge is 2.14. The highest BCUT2D eigenvalue weighted by atomic mass is 19.1. The molecule has 0 atom stereocenters. The number of hydrogen-bond donors (Lipinski definition) is 0. The van der Waals surface area contributed by atoms with Crippen LogP contribution in [0.2, 0.25) is 0 Å². The molecule has 0 aliphatic carbocycles. The quantitative estimate of drug-likeness (QED) is 0.519. The van der Waals surface area contributed by atoms with Crippen molar-refractivity contribution in [2.45, 2.75) is 19.8 Å². The highest BCUT2D eigenvalue weighted by molar-refractivity contribution is 5.61. The molecule has 0 aliphatic heterocycles. The van der Waals surface area contributed by atoms with Crippen LogP contribution in [0.5, 0.6) is 0 Å². The predicted octanol–water partition coefficient (Wildman–Crippen LogP) is 6.45. The van der Waals surface area contributed by atoms with Gasteiger partial charge in [0, 0.05) is 11.5 Å². The van der Waals surface area contributed by atoms with E-state index in [0.717, 1.165) is 11.1 Å². The average Bonchev–Trinajstić information content (AvgIpc) is 2.62. The summed E-state index contributed by atoms with van der Waals surface area (Å²) >= 11 is 0. The first-order valence-electron chi connectivity index (χ1n) is 8.19. The van der Waals surface area contributed by atoms with Gasteiger partial charge in [0.15, 0.2) is 0 Å². The van der Waals surface area contributed by atoms with Gasteiger partial charge in [-0.25, -0.2) is 4.39 Å². The van der Waals surface area contributed by atoms with Crippen molar-refractivity contribution in [3.05, 3.63) is 113 Å². The summed E-state index contributed by atoms with van der Waals surface area (Å²) in [5, 5.41) is 0. The molecule has 0 saturated carbocycles. The molecule has 0 saturated heterocycles. The smallest absolute Gasteiger partial charge is 0.127 e. The van der Waals surface area contributed by atoms with E-state index in [2.05, 4.69) is 62.4 Å². The minimum Gasteiger partial charge on any atom is -0.207 e. The van der Waals surface area contributed by atoms with Crippen LogP contribution in [0.1, 0.15) is 33.7 Å². The maximum Gasteiger partial charge on any atom is 0.127 e. The van der Waals surface area contributed by atoms with Crippen molar-refractivity contribution in [3.63, 3.8) is 0 Å². The second-order valence-electron chi connectivity index (χ2n) is 6.18. The molecule has 0 N–H and O–H groups in total. The number of allylic oxidation sites excluding steroid dienone is 1. The first-order chi connectivity index (χ1) is 11.6. The fourth-order valence-corrected chi connectivity index (χ4v) is 2.77. The summed E-state index contributed by atoms with van der Waals surface area (Å²) in [7, 11) is 0. The van der Waals surface area contributed by atoms with Gasteiger partial charge < -0.3 is 0 Å². The van der Waals surface area contributed by atoms with Crippen LogP contribution in [0, 0.1) is 13.8 Å². The van der Waals surface area contributed by atoms with Gasteiger partial charge in [-0.05, 0) is 31.1 Å². The third-order valence-corrected chi connectivity index (χ3v) is 4.24. The summed E-state index contributed by atoms with van der Waals surface area (Å²) in [6, 6.07) is 25.8. The molecule has 0 fully saturated rings. The van der Waals surface area contributed by atoms with Gasteiger partial charge in [0.25, 0.3) is 0 Å². The number of benzene rings is 3. The lowest BCUT2D eigenvalue weighted by Crippen LogP contribution is -1.99. The Balaban J connectivity index is 2.04. The molecule has 3 rings (SSSR count). The molecule has 0 aliphatic rings. The minimum absolute atomic E-state index is 0.105. The van der Waals surface area contributed by atoms with Crippen molar-refractivity contribution in [2.24, 2.45) is 0 Å². The van der Waals surface area contributed by atoms with Crippen LogP contribution in [0.4, 0.5) is 4.39 Å². The second kappa shape index (κ2) is 7.27. The molecule has 0 bridgehead atoms. The SMILES string of the molecule is Cc1ccc(C(C=C(F)c2ccccc2)c2ccc(C)cc2)cc1. The molecule has 0 unspecified atom stereocenters. The van der Waals surface area contributed by atoms with Crippen LogP contribution >= 0.6 is 0 Å². The predicted molar refractivity (Wildman–Crippen MR) is 99.7 cm³/mol. The van der Waals surface area contributed by atoms with Crippen LogP contribution in [-0.4, -0.2) is 0 Å². The molecule has 0 amide bonds. The summed E-state index contributed by atoms with van der Waals surface area (Å²) in [6.45, 7) is 4.12. The van der Waals surface area contributed by atoms with Crippen molar-refractivity contribution in [2.75, 3.05) is 0 Å². The topological polar surface area (TPSA) is 0 Å². The molecular weight excluding hydrogens is 295 g/mol. The molecule has 0 spiro atoms. The zero-order valence-electron chi connectivity index (χ0n) is 14.0. The normalized spacial score (nSPS) is 11.8. The van der Waals surface area contributed by atoms with Crippen LogP contribution in [0.25, 0.3) is 5.83 Å². The molecule has 24 heavy (non-hydrogen) atoms. The number of halogens is 1. The van der Waals surface area contributed by atoms with Gasteiger partial charge in [-0.2, -0.15) is 0 Å². The lowest BCUT2D eigenvalue weighted by Gasteiger charge is -2.15. The maximum atomic E-state index is 14.8. The summed E-state index contributed by atoms with van der Waals surface area (Å²) in [6.07, 6.45) is 1.71. The Morgan fingerprint density at radius 1 is 0.708 bits per heavy atom. The van der Waals surface area contributed by atoms with Crippen LogP contribution in [0.3, 0.4) is 0 Å². The van der Waals surface area contributed by atoms with Crippen molar-refractivity contribution in [3.8, 4) is 0 Å². The lowest BCUT2D eigenvalue weighted by atomic mass is 9.89. The van der Waals surface area contributed by atoms with Gasteiger partial charge in [0.2, 0.25) is 0 Å². The Morgan fingerprint density at radius 3 is 1.62 bits per heavy atom. The van der Waals surface area contributed by atoms with E-state index in [1.807, 2.05) is 18.2 Å². The van der Waals surface area contributed by atoms with E-state index < -0.39 is 0 Å². The Hall–Kier alpha value is -2.67. The summed E-state index contributed by atoms with van der Waals surface area (Å²) in [5.41, 5.74) is 5.20. The third-order valence-electron chi connectivity index (χ3n) is 4.24. The number of rotatable bonds is 4. The van der Waals surface area contributed by atoms with Gasteiger partial charge in [0.1, 0.15) is 5.83 Å². The zero-order valence-corrected chi connectivity index (χ0v) is 14.0. The van der Waals surface area contributed by atoms with Gasteiger partial charge >= 0.3 is 0 Å². The van der Waals surface area contributed by atoms with Crippen LogP contribution in [-0.2, 0) is 0 Å². The minimum atomic E-state index is -0.193. The van der Waals surface area contributed by atoms with E-state index in [4.69, 9.17) is 0 Å². The second-order valence-corrected chi connectivity index (χ2v) is 6.18. The van der Waals surface area contributed by atoms with Crippen LogP contribution in [0.15, 0.2) is 84.9 Å². The fourth-order valence-electron chi connectivity index (χ4n) is 2.77. The largest absolute Gasteiger partial charge is 0.207 e. The molecule has 0 nitrogen and oxygen atoms in total. The molecule has 3 aromatic carbocycles. The first-order valence-corrected chi connectivity index (χ1v) is 8.19. The van der Waals surface area contributed by atoms with E-state index in [0.29, 0.717) is 5.56 Å². The van der Waals surface area contributed by atoms with Gasteiger partial charge in [-0.1, -0.05) is 90.0 Å². The molecule has 0 radical (unpaired) electrons. The summed E-state index contributed by atoms with van der Waals surface area (Å²) in [4.78, 5) is 0. The fraction of sp³-hybridized carbons (Fsp3) is 0.130.